The molecule has 0 aliphatic carbocycles. The third kappa shape index (κ3) is 4.28. The molecule has 1 amide bonds. The molecule has 4 rings (SSSR count). The number of carbonyl (C=O) groups excluding carboxylic acids is 1. The zero-order valence-corrected chi connectivity index (χ0v) is 17.0. The van der Waals surface area contributed by atoms with Crippen LogP contribution in [0.4, 0.5) is 4.39 Å². The molecular formula is C26H25FN2O. The van der Waals surface area contributed by atoms with Gasteiger partial charge < -0.3 is 9.88 Å². The van der Waals surface area contributed by atoms with Crippen molar-refractivity contribution >= 4 is 16.8 Å². The Morgan fingerprint density at radius 1 is 0.967 bits per heavy atom. The van der Waals surface area contributed by atoms with Gasteiger partial charge in [0.05, 0.1) is 0 Å². The molecule has 4 aromatic rings. The maximum atomic E-state index is 13.6. The molecule has 0 bridgehead atoms. The van der Waals surface area contributed by atoms with Gasteiger partial charge in [-0.05, 0) is 41.8 Å². The predicted octanol–water partition coefficient (Wildman–Crippen LogP) is 5.64. The molecule has 0 spiro atoms. The van der Waals surface area contributed by atoms with Crippen LogP contribution < -0.4 is 5.32 Å². The summed E-state index contributed by atoms with van der Waals surface area (Å²) in [4.78, 5) is 12.9. The molecule has 30 heavy (non-hydrogen) atoms. The SMILES string of the molecule is CCn1cc([C@H](CC(=O)NCc2ccccc2)c2ccc(F)cc2)c2ccccc21. The van der Waals surface area contributed by atoms with Crippen LogP contribution in [0.25, 0.3) is 10.9 Å². The van der Waals surface area contributed by atoms with E-state index in [2.05, 4.69) is 35.1 Å². The van der Waals surface area contributed by atoms with Gasteiger partial charge in [-0.1, -0.05) is 60.7 Å². The lowest BCUT2D eigenvalue weighted by atomic mass is 9.88. The number of nitrogens with one attached hydrogen (secondary N) is 1. The van der Waals surface area contributed by atoms with Gasteiger partial charge in [-0.3, -0.25) is 4.79 Å². The van der Waals surface area contributed by atoms with Crippen LogP contribution in [-0.4, -0.2) is 10.5 Å². The highest BCUT2D eigenvalue weighted by molar-refractivity contribution is 5.86. The first-order valence-electron chi connectivity index (χ1n) is 10.3. The highest BCUT2D eigenvalue weighted by Gasteiger charge is 2.22. The Morgan fingerprint density at radius 3 is 2.40 bits per heavy atom. The molecule has 0 aliphatic rings. The molecule has 0 saturated heterocycles. The topological polar surface area (TPSA) is 34.0 Å². The number of aromatic nitrogens is 1. The molecule has 1 N–H and O–H groups in total. The normalized spacial score (nSPS) is 12.1. The summed E-state index contributed by atoms with van der Waals surface area (Å²) in [6.45, 7) is 3.44. The fraction of sp³-hybridized carbons (Fsp3) is 0.192. The van der Waals surface area contributed by atoms with E-state index in [0.29, 0.717) is 13.0 Å². The van der Waals surface area contributed by atoms with Crippen molar-refractivity contribution in [2.75, 3.05) is 0 Å². The Labute approximate surface area is 176 Å². The van der Waals surface area contributed by atoms with Crippen molar-refractivity contribution < 1.29 is 9.18 Å². The minimum atomic E-state index is -0.276. The van der Waals surface area contributed by atoms with Crippen molar-refractivity contribution in [2.45, 2.75) is 32.4 Å². The van der Waals surface area contributed by atoms with Crippen LogP contribution in [0.1, 0.15) is 36.0 Å². The predicted molar refractivity (Wildman–Crippen MR) is 119 cm³/mol. The summed E-state index contributed by atoms with van der Waals surface area (Å²) in [5.41, 5.74) is 4.23. The van der Waals surface area contributed by atoms with Crippen LogP contribution in [0.15, 0.2) is 85.1 Å². The van der Waals surface area contributed by atoms with Gasteiger partial charge in [0.25, 0.3) is 0 Å². The van der Waals surface area contributed by atoms with Crippen LogP contribution in [0.5, 0.6) is 0 Å². The fourth-order valence-electron chi connectivity index (χ4n) is 3.97. The van der Waals surface area contributed by atoms with E-state index >= 15 is 0 Å². The van der Waals surface area contributed by atoms with Gasteiger partial charge in [0.1, 0.15) is 5.82 Å². The monoisotopic (exact) mass is 400 g/mol. The number of hydrogen-bond acceptors (Lipinski definition) is 1. The number of amides is 1. The van der Waals surface area contributed by atoms with E-state index in [-0.39, 0.29) is 17.6 Å². The number of aryl methyl sites for hydroxylation is 1. The van der Waals surface area contributed by atoms with Gasteiger partial charge in [-0.15, -0.1) is 0 Å². The molecule has 4 heteroatoms. The molecule has 0 saturated carbocycles. The molecule has 3 nitrogen and oxygen atoms in total. The quantitative estimate of drug-likeness (QED) is 0.428. The Morgan fingerprint density at radius 2 is 1.67 bits per heavy atom. The molecular weight excluding hydrogens is 375 g/mol. The van der Waals surface area contributed by atoms with Gasteiger partial charge in [0.15, 0.2) is 0 Å². The van der Waals surface area contributed by atoms with E-state index < -0.39 is 0 Å². The Kier molecular flexibility index (Phi) is 5.94. The summed E-state index contributed by atoms with van der Waals surface area (Å²) in [6.07, 6.45) is 2.43. The highest BCUT2D eigenvalue weighted by atomic mass is 19.1. The van der Waals surface area contributed by atoms with Crippen molar-refractivity contribution in [3.8, 4) is 0 Å². The average Bonchev–Trinajstić information content (AvgIpc) is 3.16. The Hall–Kier alpha value is -3.40. The van der Waals surface area contributed by atoms with Crippen LogP contribution in [0.3, 0.4) is 0 Å². The molecule has 1 heterocycles. The van der Waals surface area contributed by atoms with Gasteiger partial charge in [0, 0.05) is 42.5 Å². The number of benzene rings is 3. The maximum Gasteiger partial charge on any atom is 0.221 e. The smallest absolute Gasteiger partial charge is 0.221 e. The summed E-state index contributed by atoms with van der Waals surface area (Å²) in [6, 6.07) is 24.6. The van der Waals surface area contributed by atoms with Gasteiger partial charge in [-0.2, -0.15) is 0 Å². The second-order valence-electron chi connectivity index (χ2n) is 7.46. The molecule has 1 atom stereocenters. The summed E-state index contributed by atoms with van der Waals surface area (Å²) in [5, 5.41) is 4.16. The van der Waals surface area contributed by atoms with Gasteiger partial charge in [0.2, 0.25) is 5.91 Å². The minimum absolute atomic E-state index is 0.0264. The van der Waals surface area contributed by atoms with Crippen molar-refractivity contribution in [3.63, 3.8) is 0 Å². The standard InChI is InChI=1S/C26H25FN2O/c1-2-29-18-24(22-10-6-7-11-25(22)29)23(20-12-14-21(27)15-13-20)16-26(30)28-17-19-8-4-3-5-9-19/h3-15,18,23H,2,16-17H2,1H3,(H,28,30)/t23-/m1/s1. The Balaban J connectivity index is 1.65. The fourth-order valence-corrected chi connectivity index (χ4v) is 3.97. The van der Waals surface area contributed by atoms with E-state index in [1.807, 2.05) is 42.5 Å². The van der Waals surface area contributed by atoms with Crippen LogP contribution in [-0.2, 0) is 17.9 Å². The second kappa shape index (κ2) is 8.95. The first-order valence-corrected chi connectivity index (χ1v) is 10.3. The number of carbonyl (C=O) groups is 1. The zero-order valence-electron chi connectivity index (χ0n) is 17.0. The van der Waals surface area contributed by atoms with E-state index in [4.69, 9.17) is 0 Å². The molecule has 152 valence electrons. The lowest BCUT2D eigenvalue weighted by Gasteiger charge is -2.17. The van der Waals surface area contributed by atoms with E-state index in [0.717, 1.165) is 34.1 Å². The minimum Gasteiger partial charge on any atom is -0.352 e. The lowest BCUT2D eigenvalue weighted by molar-refractivity contribution is -0.121. The summed E-state index contributed by atoms with van der Waals surface area (Å²) >= 11 is 0. The number of para-hydroxylation sites is 1. The van der Waals surface area contributed by atoms with E-state index in [1.54, 1.807) is 12.1 Å². The van der Waals surface area contributed by atoms with E-state index in [1.165, 1.54) is 12.1 Å². The number of rotatable bonds is 7. The summed E-state index contributed by atoms with van der Waals surface area (Å²) in [7, 11) is 0. The Bertz CT molecular complexity index is 1130. The van der Waals surface area contributed by atoms with Gasteiger partial charge >= 0.3 is 0 Å². The summed E-state index contributed by atoms with van der Waals surface area (Å²) < 4.78 is 15.7. The molecule has 0 aliphatic heterocycles. The van der Waals surface area contributed by atoms with Crippen LogP contribution in [0.2, 0.25) is 0 Å². The third-order valence-corrected chi connectivity index (χ3v) is 5.53. The zero-order chi connectivity index (χ0) is 20.9. The maximum absolute atomic E-state index is 13.6. The third-order valence-electron chi connectivity index (χ3n) is 5.53. The van der Waals surface area contributed by atoms with Crippen LogP contribution >= 0.6 is 0 Å². The van der Waals surface area contributed by atoms with Crippen LogP contribution in [0, 0.1) is 5.82 Å². The number of fused-ring (bicyclic) bond motifs is 1. The largest absolute Gasteiger partial charge is 0.352 e. The molecule has 3 aromatic carbocycles. The second-order valence-corrected chi connectivity index (χ2v) is 7.46. The first kappa shape index (κ1) is 19.9. The number of hydrogen-bond donors (Lipinski definition) is 1. The summed E-state index contributed by atoms with van der Waals surface area (Å²) in [5.74, 6) is -0.456. The number of nitrogens with zero attached hydrogens (tertiary/aromatic N) is 1. The number of halogens is 1. The van der Waals surface area contributed by atoms with E-state index in [9.17, 15) is 9.18 Å². The molecule has 0 radical (unpaired) electrons. The van der Waals surface area contributed by atoms with Crippen molar-refractivity contribution in [1.29, 1.82) is 0 Å². The lowest BCUT2D eigenvalue weighted by Crippen LogP contribution is -2.25. The van der Waals surface area contributed by atoms with Crippen molar-refractivity contribution in [1.82, 2.24) is 9.88 Å². The van der Waals surface area contributed by atoms with Gasteiger partial charge in [-0.25, -0.2) is 4.39 Å². The molecule has 0 fully saturated rings. The van der Waals surface area contributed by atoms with Crippen molar-refractivity contribution in [3.05, 3.63) is 108 Å². The van der Waals surface area contributed by atoms with Crippen molar-refractivity contribution in [2.24, 2.45) is 0 Å². The molecule has 1 aromatic heterocycles. The highest BCUT2D eigenvalue weighted by Crippen LogP contribution is 2.35. The average molecular weight is 400 g/mol. The molecule has 0 unspecified atom stereocenters. The first-order chi connectivity index (χ1) is 14.7.